The summed E-state index contributed by atoms with van der Waals surface area (Å²) in [5, 5.41) is 14.5. The first-order valence-corrected chi connectivity index (χ1v) is 6.96. The van der Waals surface area contributed by atoms with E-state index in [0.29, 0.717) is 16.7 Å². The van der Waals surface area contributed by atoms with Crippen molar-refractivity contribution in [1.29, 1.82) is 0 Å². The van der Waals surface area contributed by atoms with Crippen LogP contribution in [0.3, 0.4) is 0 Å². The number of hydrogen-bond donors (Lipinski definition) is 1. The summed E-state index contributed by atoms with van der Waals surface area (Å²) in [5.74, 6) is -0.488. The van der Waals surface area contributed by atoms with E-state index in [4.69, 9.17) is 0 Å². The minimum Gasteiger partial charge on any atom is -0.363 e. The molecule has 1 heterocycles. The summed E-state index contributed by atoms with van der Waals surface area (Å²) in [6.07, 6.45) is 1.30. The largest absolute Gasteiger partial charge is 0.363 e. The van der Waals surface area contributed by atoms with Crippen LogP contribution in [-0.4, -0.2) is 14.9 Å². The number of hydrogen-bond acceptors (Lipinski definition) is 5. The van der Waals surface area contributed by atoms with E-state index in [1.54, 1.807) is 0 Å². The van der Waals surface area contributed by atoms with Crippen molar-refractivity contribution in [2.75, 3.05) is 5.32 Å². The first-order valence-electron chi connectivity index (χ1n) is 6.96. The normalized spacial score (nSPS) is 12.1. The van der Waals surface area contributed by atoms with Crippen molar-refractivity contribution < 1.29 is 9.31 Å². The van der Waals surface area contributed by atoms with Crippen molar-refractivity contribution in [3.05, 3.63) is 70.3 Å². The summed E-state index contributed by atoms with van der Waals surface area (Å²) < 4.78 is 13.7. The molecule has 3 rings (SSSR count). The lowest BCUT2D eigenvalue weighted by atomic mass is 10.1. The van der Waals surface area contributed by atoms with Gasteiger partial charge in [-0.3, -0.25) is 10.1 Å². The van der Waals surface area contributed by atoms with E-state index in [9.17, 15) is 14.5 Å². The summed E-state index contributed by atoms with van der Waals surface area (Å²) in [6, 6.07) is 11.8. The van der Waals surface area contributed by atoms with Crippen molar-refractivity contribution >= 4 is 22.4 Å². The molecular weight excluding hydrogens is 299 g/mol. The predicted molar refractivity (Wildman–Crippen MR) is 84.6 cm³/mol. The lowest BCUT2D eigenvalue weighted by molar-refractivity contribution is -0.387. The minimum absolute atomic E-state index is 0.0709. The highest BCUT2D eigenvalue weighted by molar-refractivity contribution is 5.90. The van der Waals surface area contributed by atoms with Crippen LogP contribution < -0.4 is 5.32 Å². The Morgan fingerprint density at radius 2 is 1.96 bits per heavy atom. The van der Waals surface area contributed by atoms with Gasteiger partial charge in [0, 0.05) is 23.6 Å². The number of nitrogens with one attached hydrogen (secondary N) is 1. The van der Waals surface area contributed by atoms with E-state index in [0.717, 1.165) is 17.7 Å². The molecule has 0 aliphatic carbocycles. The quantitative estimate of drug-likeness (QED) is 0.584. The van der Waals surface area contributed by atoms with Crippen LogP contribution in [0.1, 0.15) is 18.5 Å². The van der Waals surface area contributed by atoms with Gasteiger partial charge in [-0.15, -0.1) is 0 Å². The molecule has 7 heteroatoms. The zero-order valence-corrected chi connectivity index (χ0v) is 12.2. The second-order valence-electron chi connectivity index (χ2n) is 5.08. The molecular formula is C16H13FN4O2. The highest BCUT2D eigenvalue weighted by Gasteiger charge is 2.18. The molecule has 0 aliphatic heterocycles. The Labute approximate surface area is 131 Å². The van der Waals surface area contributed by atoms with Crippen LogP contribution >= 0.6 is 0 Å². The summed E-state index contributed by atoms with van der Waals surface area (Å²) in [5.41, 5.74) is 0.754. The average Bonchev–Trinajstić information content (AvgIpc) is 2.55. The smallest absolute Gasteiger partial charge is 0.305 e. The van der Waals surface area contributed by atoms with Gasteiger partial charge in [-0.25, -0.2) is 9.97 Å². The zero-order valence-electron chi connectivity index (χ0n) is 12.2. The molecule has 0 bridgehead atoms. The first-order chi connectivity index (χ1) is 11.1. The average molecular weight is 312 g/mol. The highest BCUT2D eigenvalue weighted by Crippen LogP contribution is 2.29. The fourth-order valence-corrected chi connectivity index (χ4v) is 2.35. The number of nitro groups is 1. The molecule has 0 radical (unpaired) electrons. The van der Waals surface area contributed by atoms with Gasteiger partial charge in [-0.2, -0.15) is 4.39 Å². The zero-order chi connectivity index (χ0) is 16.4. The maximum absolute atomic E-state index is 13.7. The predicted octanol–water partition coefficient (Wildman–Crippen LogP) is 3.85. The van der Waals surface area contributed by atoms with Gasteiger partial charge in [0.15, 0.2) is 0 Å². The molecule has 0 spiro atoms. The second kappa shape index (κ2) is 5.96. The van der Waals surface area contributed by atoms with Crippen molar-refractivity contribution in [2.45, 2.75) is 13.0 Å². The Balaban J connectivity index is 2.04. The third-order valence-corrected chi connectivity index (χ3v) is 3.55. The van der Waals surface area contributed by atoms with E-state index in [-0.39, 0.29) is 6.04 Å². The van der Waals surface area contributed by atoms with Gasteiger partial charge >= 0.3 is 5.69 Å². The molecule has 0 aliphatic rings. The highest BCUT2D eigenvalue weighted by atomic mass is 19.1. The number of nitrogens with zero attached hydrogens (tertiary/aromatic N) is 3. The van der Waals surface area contributed by atoms with Crippen LogP contribution in [0.15, 0.2) is 48.8 Å². The Morgan fingerprint density at radius 3 is 2.65 bits per heavy atom. The SMILES string of the molecule is CC(Nc1ncnc2cc(F)c([N+](=O)[O-])cc12)c1ccccc1. The maximum atomic E-state index is 13.7. The summed E-state index contributed by atoms with van der Waals surface area (Å²) >= 11 is 0. The van der Waals surface area contributed by atoms with Gasteiger partial charge in [-0.1, -0.05) is 30.3 Å². The maximum Gasteiger partial charge on any atom is 0.305 e. The van der Waals surface area contributed by atoms with Crippen LogP contribution in [0.2, 0.25) is 0 Å². The van der Waals surface area contributed by atoms with Crippen LogP contribution in [0, 0.1) is 15.9 Å². The van der Waals surface area contributed by atoms with E-state index in [1.807, 2.05) is 37.3 Å². The number of rotatable bonds is 4. The molecule has 0 amide bonds. The number of anilines is 1. The number of nitro benzene ring substituents is 1. The van der Waals surface area contributed by atoms with Crippen LogP contribution in [0.25, 0.3) is 10.9 Å². The van der Waals surface area contributed by atoms with Crippen molar-refractivity contribution in [1.82, 2.24) is 9.97 Å². The minimum atomic E-state index is -0.914. The third-order valence-electron chi connectivity index (χ3n) is 3.55. The molecule has 1 unspecified atom stereocenters. The van der Waals surface area contributed by atoms with Crippen molar-refractivity contribution in [2.24, 2.45) is 0 Å². The summed E-state index contributed by atoms with van der Waals surface area (Å²) in [6.45, 7) is 1.95. The standard InChI is InChI=1S/C16H13FN4O2/c1-10(11-5-3-2-4-6-11)20-16-12-7-15(21(22)23)13(17)8-14(12)18-9-19-16/h2-10H,1H3,(H,18,19,20). The molecule has 1 aromatic heterocycles. The van der Waals surface area contributed by atoms with E-state index in [2.05, 4.69) is 15.3 Å². The lowest BCUT2D eigenvalue weighted by Crippen LogP contribution is -2.08. The molecule has 0 fully saturated rings. The molecule has 6 nitrogen and oxygen atoms in total. The Kier molecular flexibility index (Phi) is 3.84. The topological polar surface area (TPSA) is 81.0 Å². The Hall–Kier alpha value is -3.09. The molecule has 116 valence electrons. The van der Waals surface area contributed by atoms with E-state index < -0.39 is 16.4 Å². The molecule has 2 aromatic carbocycles. The van der Waals surface area contributed by atoms with Gasteiger partial charge in [0.1, 0.15) is 12.1 Å². The second-order valence-corrected chi connectivity index (χ2v) is 5.08. The van der Waals surface area contributed by atoms with Gasteiger partial charge in [0.2, 0.25) is 5.82 Å². The molecule has 23 heavy (non-hydrogen) atoms. The molecule has 1 atom stereocenters. The molecule has 1 N–H and O–H groups in total. The summed E-state index contributed by atoms with van der Waals surface area (Å²) in [4.78, 5) is 18.3. The van der Waals surface area contributed by atoms with Gasteiger partial charge in [0.25, 0.3) is 0 Å². The van der Waals surface area contributed by atoms with E-state index in [1.165, 1.54) is 6.33 Å². The van der Waals surface area contributed by atoms with Gasteiger partial charge in [-0.05, 0) is 12.5 Å². The fraction of sp³-hybridized carbons (Fsp3) is 0.125. The van der Waals surface area contributed by atoms with Crippen molar-refractivity contribution in [3.63, 3.8) is 0 Å². The van der Waals surface area contributed by atoms with Gasteiger partial charge in [0.05, 0.1) is 10.4 Å². The molecule has 3 aromatic rings. The molecule has 0 saturated heterocycles. The number of aromatic nitrogens is 2. The van der Waals surface area contributed by atoms with Crippen LogP contribution in [0.4, 0.5) is 15.9 Å². The summed E-state index contributed by atoms with van der Waals surface area (Å²) in [7, 11) is 0. The van der Waals surface area contributed by atoms with Crippen LogP contribution in [0.5, 0.6) is 0 Å². The Bertz CT molecular complexity index is 871. The first kappa shape index (κ1) is 14.8. The monoisotopic (exact) mass is 312 g/mol. The number of benzene rings is 2. The number of halogens is 1. The van der Waals surface area contributed by atoms with Gasteiger partial charge < -0.3 is 5.32 Å². The molecule has 0 saturated carbocycles. The number of fused-ring (bicyclic) bond motifs is 1. The van der Waals surface area contributed by atoms with Crippen LogP contribution in [-0.2, 0) is 0 Å². The lowest BCUT2D eigenvalue weighted by Gasteiger charge is -2.16. The fourth-order valence-electron chi connectivity index (χ4n) is 2.35. The van der Waals surface area contributed by atoms with E-state index >= 15 is 0 Å². The third kappa shape index (κ3) is 2.94. The Morgan fingerprint density at radius 1 is 1.22 bits per heavy atom. The van der Waals surface area contributed by atoms with Crippen molar-refractivity contribution in [3.8, 4) is 0 Å².